The Balaban J connectivity index is 1.36. The fraction of sp³-hybridized carbons (Fsp3) is 0.0606. The number of thiophene rings is 1. The van der Waals surface area contributed by atoms with Crippen LogP contribution in [-0.2, 0) is 0 Å². The summed E-state index contributed by atoms with van der Waals surface area (Å²) in [5, 5.41) is 20.2. The number of carbonyl (C=O) groups excluding carboxylic acids is 1. The highest BCUT2D eigenvalue weighted by atomic mass is 35.5. The third-order valence-corrected chi connectivity index (χ3v) is 9.76. The van der Waals surface area contributed by atoms with Gasteiger partial charge < -0.3 is 10.0 Å². The maximum absolute atomic E-state index is 14.1. The van der Waals surface area contributed by atoms with E-state index in [-0.39, 0.29) is 27.9 Å². The molecule has 0 spiro atoms. The van der Waals surface area contributed by atoms with Crippen molar-refractivity contribution in [3.63, 3.8) is 0 Å². The molecular formula is C33H20Cl2N2O3S2. The highest BCUT2D eigenvalue weighted by molar-refractivity contribution is 7.99. The van der Waals surface area contributed by atoms with Crippen LogP contribution in [0.5, 0.6) is 0 Å². The van der Waals surface area contributed by atoms with E-state index in [0.29, 0.717) is 16.3 Å². The van der Waals surface area contributed by atoms with Gasteiger partial charge in [0.05, 0.1) is 21.8 Å². The number of carboxylic acids is 1. The van der Waals surface area contributed by atoms with Crippen LogP contribution in [0, 0.1) is 11.3 Å². The first-order valence-corrected chi connectivity index (χ1v) is 15.2. The van der Waals surface area contributed by atoms with Crippen molar-refractivity contribution in [2.75, 3.05) is 11.4 Å². The second-order valence-electron chi connectivity index (χ2n) is 9.59. The van der Waals surface area contributed by atoms with Gasteiger partial charge in [0, 0.05) is 32.2 Å². The Morgan fingerprint density at radius 3 is 2.43 bits per heavy atom. The van der Waals surface area contributed by atoms with Crippen LogP contribution in [0.3, 0.4) is 0 Å². The van der Waals surface area contributed by atoms with Crippen LogP contribution < -0.4 is 4.90 Å². The number of nitriles is 1. The molecule has 1 unspecified atom stereocenters. The number of anilines is 1. The Morgan fingerprint density at radius 2 is 1.69 bits per heavy atom. The van der Waals surface area contributed by atoms with Crippen LogP contribution in [0.25, 0.3) is 10.4 Å². The predicted molar refractivity (Wildman–Crippen MR) is 168 cm³/mol. The van der Waals surface area contributed by atoms with E-state index < -0.39 is 11.9 Å². The lowest BCUT2D eigenvalue weighted by atomic mass is 10.1. The number of amides is 1. The second kappa shape index (κ2) is 11.7. The number of fused-ring (bicyclic) bond motifs is 1. The molecule has 206 valence electrons. The fourth-order valence-electron chi connectivity index (χ4n) is 4.87. The van der Waals surface area contributed by atoms with E-state index in [4.69, 9.17) is 23.2 Å². The van der Waals surface area contributed by atoms with Gasteiger partial charge in [0.1, 0.15) is 10.9 Å². The number of benzene rings is 4. The molecule has 0 aliphatic heterocycles. The molecule has 1 aliphatic rings. The van der Waals surface area contributed by atoms with E-state index in [9.17, 15) is 20.0 Å². The minimum Gasteiger partial charge on any atom is -0.477 e. The van der Waals surface area contributed by atoms with Crippen LogP contribution in [0.4, 0.5) is 5.69 Å². The Bertz CT molecular complexity index is 1900. The third kappa shape index (κ3) is 5.55. The standard InChI is InChI=1S/C33H20Cl2N2O3S2/c34-21-10-12-24(27(35)14-21)32(38)37(28-16-30(42-31(28)33(39)40)19-6-2-1-3-7-19)18-26-23-13-11-22(15-25(23)26)41-29-9-5-4-8-20(29)17-36/h1-16,26H,18H2,(H,39,40). The van der Waals surface area contributed by atoms with Crippen molar-refractivity contribution >= 4 is 63.9 Å². The van der Waals surface area contributed by atoms with Crippen LogP contribution in [0.2, 0.25) is 10.0 Å². The van der Waals surface area contributed by atoms with Crippen molar-refractivity contribution in [2.24, 2.45) is 0 Å². The summed E-state index contributed by atoms with van der Waals surface area (Å²) in [6.07, 6.45) is 0. The number of nitrogens with zero attached hydrogens (tertiary/aromatic N) is 2. The Hall–Kier alpha value is -4.06. The smallest absolute Gasteiger partial charge is 0.348 e. The topological polar surface area (TPSA) is 81.4 Å². The minimum absolute atomic E-state index is 0.0707. The molecule has 5 nitrogen and oxygen atoms in total. The highest BCUT2D eigenvalue weighted by Crippen LogP contribution is 2.48. The number of halogens is 2. The first-order valence-electron chi connectivity index (χ1n) is 12.8. The van der Waals surface area contributed by atoms with Crippen LogP contribution in [0.1, 0.15) is 42.6 Å². The van der Waals surface area contributed by atoms with Gasteiger partial charge in [-0.15, -0.1) is 11.3 Å². The molecule has 42 heavy (non-hydrogen) atoms. The van der Waals surface area contributed by atoms with Crippen molar-refractivity contribution in [3.8, 4) is 16.5 Å². The number of carboxylic acid groups (broad SMARTS) is 1. The zero-order valence-corrected chi connectivity index (χ0v) is 24.9. The molecular weight excluding hydrogens is 607 g/mol. The summed E-state index contributed by atoms with van der Waals surface area (Å²) in [6, 6.07) is 31.7. The summed E-state index contributed by atoms with van der Waals surface area (Å²) in [4.78, 5) is 30.7. The molecule has 5 aromatic rings. The lowest BCUT2D eigenvalue weighted by Crippen LogP contribution is -2.33. The molecule has 1 amide bonds. The summed E-state index contributed by atoms with van der Waals surface area (Å²) in [5.41, 5.74) is 4.18. The van der Waals surface area contributed by atoms with Gasteiger partial charge in [-0.2, -0.15) is 5.26 Å². The van der Waals surface area contributed by atoms with Crippen LogP contribution >= 0.6 is 46.3 Å². The van der Waals surface area contributed by atoms with Gasteiger partial charge in [0.2, 0.25) is 0 Å². The van der Waals surface area contributed by atoms with Crippen LogP contribution in [0.15, 0.2) is 107 Å². The summed E-state index contributed by atoms with van der Waals surface area (Å²) >= 11 is 15.2. The Kier molecular flexibility index (Phi) is 7.80. The lowest BCUT2D eigenvalue weighted by molar-refractivity contribution is 0.0703. The van der Waals surface area contributed by atoms with E-state index in [1.54, 1.807) is 24.3 Å². The molecule has 4 aromatic carbocycles. The molecule has 1 aromatic heterocycles. The number of aromatic carboxylic acids is 1. The van der Waals surface area contributed by atoms with Gasteiger partial charge in [-0.3, -0.25) is 4.79 Å². The molecule has 0 saturated heterocycles. The molecule has 0 fully saturated rings. The van der Waals surface area contributed by atoms with E-state index in [1.807, 2.05) is 60.7 Å². The number of hydrogen-bond donors (Lipinski definition) is 1. The van der Waals surface area contributed by atoms with Crippen molar-refractivity contribution in [2.45, 2.75) is 15.7 Å². The summed E-state index contributed by atoms with van der Waals surface area (Å²) in [5.74, 6) is -1.60. The molecule has 0 bridgehead atoms. The van der Waals surface area contributed by atoms with Gasteiger partial charge in [0.15, 0.2) is 0 Å². The molecule has 1 aliphatic carbocycles. The first-order chi connectivity index (χ1) is 20.3. The number of rotatable bonds is 8. The molecule has 9 heteroatoms. The van der Waals surface area contributed by atoms with Crippen molar-refractivity contribution in [3.05, 3.63) is 134 Å². The van der Waals surface area contributed by atoms with Crippen molar-refractivity contribution in [1.29, 1.82) is 5.26 Å². The summed E-state index contributed by atoms with van der Waals surface area (Å²) in [6.45, 7) is 0.237. The van der Waals surface area contributed by atoms with Gasteiger partial charge >= 0.3 is 5.97 Å². The van der Waals surface area contributed by atoms with Gasteiger partial charge in [-0.05, 0) is 65.2 Å². The molecule has 1 heterocycles. The largest absolute Gasteiger partial charge is 0.477 e. The first kappa shape index (κ1) is 28.1. The summed E-state index contributed by atoms with van der Waals surface area (Å²) < 4.78 is 0. The monoisotopic (exact) mass is 626 g/mol. The van der Waals surface area contributed by atoms with E-state index in [1.165, 1.54) is 22.7 Å². The predicted octanol–water partition coefficient (Wildman–Crippen LogP) is 9.24. The Morgan fingerprint density at radius 1 is 0.929 bits per heavy atom. The summed E-state index contributed by atoms with van der Waals surface area (Å²) in [7, 11) is 0. The zero-order valence-electron chi connectivity index (χ0n) is 21.8. The lowest BCUT2D eigenvalue weighted by Gasteiger charge is -2.23. The normalized spacial score (nSPS) is 13.2. The number of hydrogen-bond acceptors (Lipinski definition) is 5. The molecule has 0 radical (unpaired) electrons. The average molecular weight is 628 g/mol. The third-order valence-electron chi connectivity index (χ3n) is 6.99. The molecule has 1 N–H and O–H groups in total. The highest BCUT2D eigenvalue weighted by Gasteiger charge is 2.38. The van der Waals surface area contributed by atoms with Crippen LogP contribution in [-0.4, -0.2) is 23.5 Å². The molecule has 6 rings (SSSR count). The molecule has 1 atom stereocenters. The maximum Gasteiger partial charge on any atom is 0.348 e. The SMILES string of the molecule is N#Cc1ccccc1Sc1ccc2c(c1)C2CN(C(=O)c1ccc(Cl)cc1Cl)c1cc(-c2ccccc2)sc1C(=O)O. The zero-order chi connectivity index (χ0) is 29.4. The van der Waals surface area contributed by atoms with Crippen molar-refractivity contribution < 1.29 is 14.7 Å². The second-order valence-corrected chi connectivity index (χ2v) is 12.6. The average Bonchev–Trinajstić information content (AvgIpc) is 3.47. The van der Waals surface area contributed by atoms with E-state index >= 15 is 0 Å². The fourth-order valence-corrected chi connectivity index (χ4v) is 7.32. The quantitative estimate of drug-likeness (QED) is 0.186. The van der Waals surface area contributed by atoms with E-state index in [2.05, 4.69) is 12.1 Å². The molecule has 0 saturated carbocycles. The van der Waals surface area contributed by atoms with Gasteiger partial charge in [-0.1, -0.05) is 83.5 Å². The van der Waals surface area contributed by atoms with Crippen molar-refractivity contribution in [1.82, 2.24) is 0 Å². The van der Waals surface area contributed by atoms with Gasteiger partial charge in [-0.25, -0.2) is 4.79 Å². The maximum atomic E-state index is 14.1. The number of carbonyl (C=O) groups is 2. The minimum atomic E-state index is -1.11. The van der Waals surface area contributed by atoms with Gasteiger partial charge in [0.25, 0.3) is 5.91 Å². The van der Waals surface area contributed by atoms with E-state index in [0.717, 1.165) is 42.7 Å². The Labute approximate surface area is 260 Å².